The third-order valence-electron chi connectivity index (χ3n) is 6.22. The Morgan fingerprint density at radius 3 is 2.50 bits per heavy atom. The van der Waals surface area contributed by atoms with E-state index in [0.29, 0.717) is 19.6 Å². The monoisotopic (exact) mass is 485 g/mol. The first-order chi connectivity index (χ1) is 17.4. The van der Waals surface area contributed by atoms with Gasteiger partial charge >= 0.3 is 0 Å². The molecular formula is C30H35N3O3. The molecule has 0 fully saturated rings. The Morgan fingerprint density at radius 1 is 0.889 bits per heavy atom. The summed E-state index contributed by atoms with van der Waals surface area (Å²) in [5.41, 5.74) is 6.58. The van der Waals surface area contributed by atoms with E-state index in [0.717, 1.165) is 58.0 Å². The number of carbonyl (C=O) groups excluding carboxylic acids is 1. The highest BCUT2D eigenvalue weighted by atomic mass is 16.5. The lowest BCUT2D eigenvalue weighted by Crippen LogP contribution is -2.31. The second-order valence-electron chi connectivity index (χ2n) is 9.30. The number of aromatic nitrogens is 2. The molecule has 0 saturated heterocycles. The number of fused-ring (bicyclic) bond motifs is 1. The molecule has 1 heterocycles. The molecule has 4 aromatic rings. The number of ether oxygens (including phenoxy) is 2. The number of carbonyl (C=O) groups is 1. The normalized spacial score (nSPS) is 11.0. The smallest absolute Gasteiger partial charge is 0.257 e. The third kappa shape index (κ3) is 6.45. The minimum Gasteiger partial charge on any atom is -0.493 e. The van der Waals surface area contributed by atoms with Crippen LogP contribution in [0.2, 0.25) is 0 Å². The zero-order chi connectivity index (χ0) is 25.5. The maximum atomic E-state index is 12.4. The Labute approximate surface area is 213 Å². The first kappa shape index (κ1) is 25.3. The van der Waals surface area contributed by atoms with Crippen LogP contribution in [0.25, 0.3) is 11.0 Å². The largest absolute Gasteiger partial charge is 0.493 e. The number of hydrogen-bond donors (Lipinski definition) is 1. The molecule has 1 N–H and O–H groups in total. The molecule has 36 heavy (non-hydrogen) atoms. The summed E-state index contributed by atoms with van der Waals surface area (Å²) in [6.07, 6.45) is 1.50. The van der Waals surface area contributed by atoms with Crippen molar-refractivity contribution in [3.63, 3.8) is 0 Å². The molecule has 0 saturated carbocycles. The van der Waals surface area contributed by atoms with Crippen molar-refractivity contribution in [1.82, 2.24) is 14.9 Å². The van der Waals surface area contributed by atoms with Gasteiger partial charge in [-0.1, -0.05) is 42.0 Å². The third-order valence-corrected chi connectivity index (χ3v) is 6.22. The van der Waals surface area contributed by atoms with E-state index in [4.69, 9.17) is 14.5 Å². The summed E-state index contributed by atoms with van der Waals surface area (Å²) >= 11 is 0. The zero-order valence-corrected chi connectivity index (χ0v) is 21.6. The Kier molecular flexibility index (Phi) is 8.26. The second kappa shape index (κ2) is 11.8. The van der Waals surface area contributed by atoms with Crippen LogP contribution in [0.5, 0.6) is 11.5 Å². The van der Waals surface area contributed by atoms with Gasteiger partial charge in [0.05, 0.1) is 17.6 Å². The summed E-state index contributed by atoms with van der Waals surface area (Å²) in [5.74, 6) is 2.50. The Hall–Kier alpha value is -3.80. The molecule has 4 rings (SSSR count). The van der Waals surface area contributed by atoms with E-state index in [-0.39, 0.29) is 12.5 Å². The fourth-order valence-corrected chi connectivity index (χ4v) is 4.30. The van der Waals surface area contributed by atoms with Crippen molar-refractivity contribution in [3.8, 4) is 11.5 Å². The topological polar surface area (TPSA) is 65.4 Å². The molecule has 0 unspecified atom stereocenters. The van der Waals surface area contributed by atoms with Gasteiger partial charge in [0.2, 0.25) is 0 Å². The van der Waals surface area contributed by atoms with Crippen LogP contribution in [0.4, 0.5) is 0 Å². The number of para-hydroxylation sites is 2. The van der Waals surface area contributed by atoms with Crippen LogP contribution in [-0.2, 0) is 17.8 Å². The maximum absolute atomic E-state index is 12.4. The molecule has 0 aliphatic rings. The SMILES string of the molecule is Cc1ccc(OCCCn2c(CCNC(=O)COc3cc(C)ccc3C)nc3ccccc32)c(C)c1. The molecule has 1 amide bonds. The molecule has 0 bridgehead atoms. The Morgan fingerprint density at radius 2 is 1.67 bits per heavy atom. The molecule has 188 valence electrons. The van der Waals surface area contributed by atoms with Crippen molar-refractivity contribution >= 4 is 16.9 Å². The van der Waals surface area contributed by atoms with Crippen molar-refractivity contribution < 1.29 is 14.3 Å². The van der Waals surface area contributed by atoms with Crippen LogP contribution in [0.3, 0.4) is 0 Å². The number of hydrogen-bond acceptors (Lipinski definition) is 4. The summed E-state index contributed by atoms with van der Waals surface area (Å²) in [6.45, 7) is 10.1. The van der Waals surface area contributed by atoms with E-state index < -0.39 is 0 Å². The number of benzene rings is 3. The maximum Gasteiger partial charge on any atom is 0.257 e. The number of imidazole rings is 1. The van der Waals surface area contributed by atoms with Gasteiger partial charge in [-0.3, -0.25) is 4.79 Å². The van der Waals surface area contributed by atoms with Crippen LogP contribution in [-0.4, -0.2) is 35.2 Å². The van der Waals surface area contributed by atoms with Crippen molar-refractivity contribution in [3.05, 3.63) is 88.7 Å². The minimum atomic E-state index is -0.138. The van der Waals surface area contributed by atoms with Gasteiger partial charge in [-0.25, -0.2) is 4.98 Å². The van der Waals surface area contributed by atoms with E-state index in [9.17, 15) is 4.79 Å². The average Bonchev–Trinajstić information content (AvgIpc) is 3.20. The lowest BCUT2D eigenvalue weighted by atomic mass is 10.1. The summed E-state index contributed by atoms with van der Waals surface area (Å²) in [6, 6.07) is 20.4. The number of nitrogens with one attached hydrogen (secondary N) is 1. The lowest BCUT2D eigenvalue weighted by molar-refractivity contribution is -0.123. The van der Waals surface area contributed by atoms with Gasteiger partial charge in [0, 0.05) is 19.5 Å². The number of rotatable bonds is 11. The highest BCUT2D eigenvalue weighted by Gasteiger charge is 2.12. The zero-order valence-electron chi connectivity index (χ0n) is 21.6. The molecule has 0 aliphatic carbocycles. The molecule has 6 heteroatoms. The predicted octanol–water partition coefficient (Wildman–Crippen LogP) is 5.48. The van der Waals surface area contributed by atoms with E-state index in [1.165, 1.54) is 5.56 Å². The van der Waals surface area contributed by atoms with Gasteiger partial charge in [0.1, 0.15) is 17.3 Å². The van der Waals surface area contributed by atoms with Crippen molar-refractivity contribution in [2.45, 2.75) is 47.1 Å². The fourth-order valence-electron chi connectivity index (χ4n) is 4.30. The van der Waals surface area contributed by atoms with E-state index in [2.05, 4.69) is 41.9 Å². The molecule has 0 radical (unpaired) electrons. The first-order valence-electron chi connectivity index (χ1n) is 12.5. The molecule has 0 aliphatic heterocycles. The first-order valence-corrected chi connectivity index (χ1v) is 12.5. The molecule has 3 aromatic carbocycles. The highest BCUT2D eigenvalue weighted by Crippen LogP contribution is 2.21. The fraction of sp³-hybridized carbons (Fsp3) is 0.333. The van der Waals surface area contributed by atoms with Crippen LogP contribution >= 0.6 is 0 Å². The summed E-state index contributed by atoms with van der Waals surface area (Å²) in [5, 5.41) is 2.96. The minimum absolute atomic E-state index is 0.00350. The number of nitrogens with zero attached hydrogens (tertiary/aromatic N) is 2. The van der Waals surface area contributed by atoms with E-state index in [1.54, 1.807) is 0 Å². The van der Waals surface area contributed by atoms with Crippen LogP contribution in [0, 0.1) is 27.7 Å². The molecular weight excluding hydrogens is 450 g/mol. The van der Waals surface area contributed by atoms with Gasteiger partial charge < -0.3 is 19.4 Å². The van der Waals surface area contributed by atoms with E-state index in [1.807, 2.05) is 56.3 Å². The van der Waals surface area contributed by atoms with E-state index >= 15 is 0 Å². The standard InChI is InChI=1S/C30H35N3O3/c1-21-11-13-27(24(4)18-21)35-17-7-16-33-26-9-6-5-8-25(26)32-29(33)14-15-31-30(34)20-36-28-19-22(2)10-12-23(28)3/h5-6,8-13,18-19H,7,14-17,20H2,1-4H3,(H,31,34). The molecule has 6 nitrogen and oxygen atoms in total. The number of amides is 1. The van der Waals surface area contributed by atoms with Gasteiger partial charge in [-0.05, 0) is 75.1 Å². The summed E-state index contributed by atoms with van der Waals surface area (Å²) in [7, 11) is 0. The van der Waals surface area contributed by atoms with Crippen LogP contribution in [0.15, 0.2) is 60.7 Å². The van der Waals surface area contributed by atoms with Gasteiger partial charge in [0.25, 0.3) is 5.91 Å². The van der Waals surface area contributed by atoms with Gasteiger partial charge in [-0.15, -0.1) is 0 Å². The highest BCUT2D eigenvalue weighted by molar-refractivity contribution is 5.78. The van der Waals surface area contributed by atoms with Crippen molar-refractivity contribution in [2.75, 3.05) is 19.8 Å². The quantitative estimate of drug-likeness (QED) is 0.286. The van der Waals surface area contributed by atoms with Crippen molar-refractivity contribution in [1.29, 1.82) is 0 Å². The van der Waals surface area contributed by atoms with Crippen molar-refractivity contribution in [2.24, 2.45) is 0 Å². The Balaban J connectivity index is 1.31. The average molecular weight is 486 g/mol. The molecule has 1 aromatic heterocycles. The predicted molar refractivity (Wildman–Crippen MR) is 144 cm³/mol. The molecule has 0 spiro atoms. The van der Waals surface area contributed by atoms with Crippen LogP contribution < -0.4 is 14.8 Å². The number of aryl methyl sites for hydroxylation is 5. The molecule has 0 atom stereocenters. The second-order valence-corrected chi connectivity index (χ2v) is 9.30. The summed E-state index contributed by atoms with van der Waals surface area (Å²) < 4.78 is 14.0. The van der Waals surface area contributed by atoms with Gasteiger partial charge in [0.15, 0.2) is 6.61 Å². The Bertz CT molecular complexity index is 1340. The summed E-state index contributed by atoms with van der Waals surface area (Å²) in [4.78, 5) is 17.2. The lowest BCUT2D eigenvalue weighted by Gasteiger charge is -2.13. The van der Waals surface area contributed by atoms with Crippen LogP contribution in [0.1, 0.15) is 34.5 Å². The van der Waals surface area contributed by atoms with Gasteiger partial charge in [-0.2, -0.15) is 0 Å².